The Morgan fingerprint density at radius 3 is 2.35 bits per heavy atom. The summed E-state index contributed by atoms with van der Waals surface area (Å²) < 4.78 is 12.9. The van der Waals surface area contributed by atoms with Gasteiger partial charge in [-0.3, -0.25) is 4.99 Å². The first kappa shape index (κ1) is 19.4. The van der Waals surface area contributed by atoms with Crippen molar-refractivity contribution in [2.75, 3.05) is 13.6 Å². The number of nitrogens with zero attached hydrogens (tertiary/aromatic N) is 1. The van der Waals surface area contributed by atoms with Gasteiger partial charge >= 0.3 is 0 Å². The molecule has 0 spiro atoms. The molecule has 2 aromatic carbocycles. The Morgan fingerprint density at radius 2 is 1.74 bits per heavy atom. The summed E-state index contributed by atoms with van der Waals surface area (Å²) in [5, 5.41) is 6.64. The quantitative estimate of drug-likeness (QED) is 0.431. The summed E-state index contributed by atoms with van der Waals surface area (Å²) in [5.41, 5.74) is 2.31. The van der Waals surface area contributed by atoms with E-state index in [1.165, 1.54) is 17.7 Å². The second-order valence-electron chi connectivity index (χ2n) is 5.15. The predicted octanol–water partition coefficient (Wildman–Crippen LogP) is 3.91. The molecule has 1 atom stereocenters. The van der Waals surface area contributed by atoms with Crippen LogP contribution in [-0.4, -0.2) is 19.6 Å². The van der Waals surface area contributed by atoms with Crippen molar-refractivity contribution in [2.45, 2.75) is 19.4 Å². The number of aliphatic imine (C=N–C) groups is 1. The van der Waals surface area contributed by atoms with Crippen LogP contribution in [0.1, 0.15) is 24.1 Å². The maximum Gasteiger partial charge on any atom is 0.191 e. The lowest BCUT2D eigenvalue weighted by Crippen LogP contribution is -2.39. The van der Waals surface area contributed by atoms with Gasteiger partial charge in [0.2, 0.25) is 0 Å². The molecule has 3 nitrogen and oxygen atoms in total. The first-order valence-corrected chi connectivity index (χ1v) is 7.45. The Morgan fingerprint density at radius 1 is 1.09 bits per heavy atom. The van der Waals surface area contributed by atoms with Crippen LogP contribution in [0.15, 0.2) is 59.6 Å². The van der Waals surface area contributed by atoms with Gasteiger partial charge in [-0.15, -0.1) is 24.0 Å². The second kappa shape index (κ2) is 10.2. The molecule has 0 amide bonds. The van der Waals surface area contributed by atoms with E-state index in [-0.39, 0.29) is 35.8 Å². The van der Waals surface area contributed by atoms with E-state index < -0.39 is 0 Å². The topological polar surface area (TPSA) is 36.4 Å². The third-order valence-corrected chi connectivity index (χ3v) is 3.50. The highest BCUT2D eigenvalue weighted by Gasteiger charge is 2.06. The Kier molecular flexibility index (Phi) is 8.61. The molecule has 2 rings (SSSR count). The van der Waals surface area contributed by atoms with Crippen molar-refractivity contribution in [3.05, 3.63) is 71.5 Å². The lowest BCUT2D eigenvalue weighted by Gasteiger charge is -2.18. The van der Waals surface area contributed by atoms with Crippen molar-refractivity contribution < 1.29 is 4.39 Å². The fraction of sp³-hybridized carbons (Fsp3) is 0.278. The smallest absolute Gasteiger partial charge is 0.191 e. The SMILES string of the molecule is CN=C(NCCc1ccc(F)cc1)NC(C)c1ccccc1.I. The highest BCUT2D eigenvalue weighted by Crippen LogP contribution is 2.10. The molecule has 0 aromatic heterocycles. The number of hydrogen-bond acceptors (Lipinski definition) is 1. The van der Waals surface area contributed by atoms with Gasteiger partial charge in [-0.25, -0.2) is 4.39 Å². The molecule has 5 heteroatoms. The molecule has 2 aromatic rings. The summed E-state index contributed by atoms with van der Waals surface area (Å²) >= 11 is 0. The summed E-state index contributed by atoms with van der Waals surface area (Å²) in [7, 11) is 1.75. The van der Waals surface area contributed by atoms with Crippen molar-refractivity contribution in [1.82, 2.24) is 10.6 Å². The van der Waals surface area contributed by atoms with Crippen LogP contribution in [0.3, 0.4) is 0 Å². The highest BCUT2D eigenvalue weighted by atomic mass is 127. The van der Waals surface area contributed by atoms with Crippen LogP contribution in [0.4, 0.5) is 4.39 Å². The van der Waals surface area contributed by atoms with E-state index in [0.29, 0.717) is 0 Å². The van der Waals surface area contributed by atoms with Crippen LogP contribution in [-0.2, 0) is 6.42 Å². The van der Waals surface area contributed by atoms with Crippen LogP contribution >= 0.6 is 24.0 Å². The molecule has 124 valence electrons. The molecule has 0 heterocycles. The van der Waals surface area contributed by atoms with Crippen LogP contribution in [0.5, 0.6) is 0 Å². The minimum absolute atomic E-state index is 0. The van der Waals surface area contributed by atoms with Gasteiger partial charge in [0.15, 0.2) is 5.96 Å². The fourth-order valence-corrected chi connectivity index (χ4v) is 2.20. The van der Waals surface area contributed by atoms with E-state index in [4.69, 9.17) is 0 Å². The molecule has 23 heavy (non-hydrogen) atoms. The number of halogens is 2. The number of guanidine groups is 1. The summed E-state index contributed by atoms with van der Waals surface area (Å²) in [6.45, 7) is 2.84. The van der Waals surface area contributed by atoms with E-state index in [1.807, 2.05) is 18.2 Å². The van der Waals surface area contributed by atoms with Crippen molar-refractivity contribution in [3.63, 3.8) is 0 Å². The molecular weight excluding hydrogens is 404 g/mol. The fourth-order valence-electron chi connectivity index (χ4n) is 2.20. The largest absolute Gasteiger partial charge is 0.356 e. The van der Waals surface area contributed by atoms with E-state index in [0.717, 1.165) is 24.5 Å². The monoisotopic (exact) mass is 427 g/mol. The number of hydrogen-bond donors (Lipinski definition) is 2. The van der Waals surface area contributed by atoms with Gasteiger partial charge in [-0.1, -0.05) is 42.5 Å². The number of rotatable bonds is 5. The zero-order valence-corrected chi connectivity index (χ0v) is 15.8. The molecule has 0 aliphatic rings. The Bertz CT molecular complexity index is 599. The van der Waals surface area contributed by atoms with E-state index in [1.54, 1.807) is 19.2 Å². The summed E-state index contributed by atoms with van der Waals surface area (Å²) in [6.07, 6.45) is 0.820. The lowest BCUT2D eigenvalue weighted by molar-refractivity contribution is 0.626. The molecule has 0 fully saturated rings. The van der Waals surface area contributed by atoms with Crippen molar-refractivity contribution in [2.24, 2.45) is 4.99 Å². The lowest BCUT2D eigenvalue weighted by atomic mass is 10.1. The minimum Gasteiger partial charge on any atom is -0.356 e. The molecule has 0 aliphatic heterocycles. The summed E-state index contributed by atoms with van der Waals surface area (Å²) in [4.78, 5) is 4.23. The van der Waals surface area contributed by atoms with Gasteiger partial charge < -0.3 is 10.6 Å². The van der Waals surface area contributed by atoms with Crippen molar-refractivity contribution >= 4 is 29.9 Å². The minimum atomic E-state index is -0.203. The maximum absolute atomic E-state index is 12.9. The van der Waals surface area contributed by atoms with Gasteiger partial charge in [0.05, 0.1) is 6.04 Å². The molecule has 2 N–H and O–H groups in total. The van der Waals surface area contributed by atoms with Gasteiger partial charge in [0.25, 0.3) is 0 Å². The van der Waals surface area contributed by atoms with Crippen LogP contribution in [0.2, 0.25) is 0 Å². The molecule has 0 saturated heterocycles. The third kappa shape index (κ3) is 6.56. The Labute approximate surface area is 154 Å². The third-order valence-electron chi connectivity index (χ3n) is 3.50. The Hall–Kier alpha value is -1.63. The average Bonchev–Trinajstić information content (AvgIpc) is 2.56. The zero-order chi connectivity index (χ0) is 15.8. The predicted molar refractivity (Wildman–Crippen MR) is 105 cm³/mol. The first-order valence-electron chi connectivity index (χ1n) is 7.45. The molecule has 1 unspecified atom stereocenters. The highest BCUT2D eigenvalue weighted by molar-refractivity contribution is 14.0. The van der Waals surface area contributed by atoms with E-state index in [9.17, 15) is 4.39 Å². The van der Waals surface area contributed by atoms with Gasteiger partial charge in [0.1, 0.15) is 5.82 Å². The van der Waals surface area contributed by atoms with Crippen LogP contribution in [0, 0.1) is 5.82 Å². The van der Waals surface area contributed by atoms with Gasteiger partial charge in [-0.2, -0.15) is 0 Å². The molecule has 0 aliphatic carbocycles. The van der Waals surface area contributed by atoms with Crippen molar-refractivity contribution in [3.8, 4) is 0 Å². The van der Waals surface area contributed by atoms with E-state index in [2.05, 4.69) is 34.7 Å². The van der Waals surface area contributed by atoms with E-state index >= 15 is 0 Å². The average molecular weight is 427 g/mol. The second-order valence-corrected chi connectivity index (χ2v) is 5.15. The number of benzene rings is 2. The standard InChI is InChI=1S/C18H22FN3.HI/c1-14(16-6-4-3-5-7-16)22-18(20-2)21-13-12-15-8-10-17(19)11-9-15;/h3-11,14H,12-13H2,1-2H3,(H2,20,21,22);1H. The first-order chi connectivity index (χ1) is 10.7. The summed E-state index contributed by atoms with van der Waals surface area (Å²) in [6, 6.07) is 17.0. The van der Waals surface area contributed by atoms with Crippen LogP contribution in [0.25, 0.3) is 0 Å². The Balaban J connectivity index is 0.00000264. The van der Waals surface area contributed by atoms with Gasteiger partial charge in [0, 0.05) is 13.6 Å². The molecule has 0 bridgehead atoms. The molecular formula is C18H23FIN3. The van der Waals surface area contributed by atoms with Crippen molar-refractivity contribution in [1.29, 1.82) is 0 Å². The zero-order valence-electron chi connectivity index (χ0n) is 13.4. The van der Waals surface area contributed by atoms with Crippen LogP contribution < -0.4 is 10.6 Å². The number of nitrogens with one attached hydrogen (secondary N) is 2. The normalized spacial score (nSPS) is 12.2. The molecule has 0 radical (unpaired) electrons. The van der Waals surface area contributed by atoms with Gasteiger partial charge in [-0.05, 0) is 36.6 Å². The molecule has 0 saturated carbocycles. The maximum atomic E-state index is 12.9. The summed E-state index contributed by atoms with van der Waals surface area (Å²) in [5.74, 6) is 0.560.